The van der Waals surface area contributed by atoms with E-state index in [9.17, 15) is 4.79 Å². The van der Waals surface area contributed by atoms with Gasteiger partial charge in [0.25, 0.3) is 5.56 Å². The van der Waals surface area contributed by atoms with Gasteiger partial charge in [-0.05, 0) is 24.6 Å². The second-order valence-electron chi connectivity index (χ2n) is 4.20. The smallest absolute Gasteiger partial charge is 0.274 e. The Kier molecular flexibility index (Phi) is 4.95. The largest absolute Gasteiger partial charge is 0.493 e. The van der Waals surface area contributed by atoms with E-state index in [0.717, 1.165) is 0 Å². The Balaban J connectivity index is 2.18. The van der Waals surface area contributed by atoms with Gasteiger partial charge in [0.05, 0.1) is 25.5 Å². The number of nitrogens with zero attached hydrogens (tertiary/aromatic N) is 3. The van der Waals surface area contributed by atoms with Crippen LogP contribution in [0.25, 0.3) is 0 Å². The summed E-state index contributed by atoms with van der Waals surface area (Å²) in [7, 11) is 3.02. The van der Waals surface area contributed by atoms with Crippen molar-refractivity contribution in [1.29, 1.82) is 0 Å². The van der Waals surface area contributed by atoms with Gasteiger partial charge in [-0.2, -0.15) is 5.10 Å². The lowest BCUT2D eigenvalue weighted by Gasteiger charge is -2.09. The van der Waals surface area contributed by atoms with Crippen LogP contribution in [0.5, 0.6) is 11.5 Å². The van der Waals surface area contributed by atoms with Crippen LogP contribution in [-0.2, 0) is 0 Å². The zero-order valence-corrected chi connectivity index (χ0v) is 12.9. The molecule has 0 saturated heterocycles. The van der Waals surface area contributed by atoms with Crippen LogP contribution in [0.4, 0.5) is 5.95 Å². The van der Waals surface area contributed by atoms with Gasteiger partial charge in [0.2, 0.25) is 5.95 Å². The minimum atomic E-state index is -0.332. The summed E-state index contributed by atoms with van der Waals surface area (Å²) in [5, 5.41) is 11.8. The number of aryl methyl sites for hydroxylation is 1. The molecule has 1 heterocycles. The number of aromatic nitrogens is 3. The van der Waals surface area contributed by atoms with Gasteiger partial charge in [0, 0.05) is 0 Å². The molecule has 8 nitrogen and oxygen atoms in total. The van der Waals surface area contributed by atoms with E-state index in [1.54, 1.807) is 19.1 Å². The summed E-state index contributed by atoms with van der Waals surface area (Å²) in [5.41, 5.74) is 3.20. The predicted octanol–water partition coefficient (Wildman–Crippen LogP) is 1.59. The number of halogens is 1. The average Bonchev–Trinajstić information content (AvgIpc) is 2.50. The van der Waals surface area contributed by atoms with E-state index in [0.29, 0.717) is 22.1 Å². The molecule has 0 radical (unpaired) electrons. The number of hydrazone groups is 1. The topological polar surface area (TPSA) is 101 Å². The summed E-state index contributed by atoms with van der Waals surface area (Å²) >= 11 is 6.09. The van der Waals surface area contributed by atoms with Crippen LogP contribution in [0, 0.1) is 6.92 Å². The molecule has 0 bridgehead atoms. The van der Waals surface area contributed by atoms with Gasteiger partial charge >= 0.3 is 0 Å². The second-order valence-corrected chi connectivity index (χ2v) is 4.60. The van der Waals surface area contributed by atoms with Gasteiger partial charge in [0.15, 0.2) is 11.5 Å². The van der Waals surface area contributed by atoms with Crippen molar-refractivity contribution in [2.24, 2.45) is 5.10 Å². The second kappa shape index (κ2) is 6.90. The Hall–Kier alpha value is -2.61. The van der Waals surface area contributed by atoms with Crippen molar-refractivity contribution in [2.45, 2.75) is 6.92 Å². The molecule has 0 atom stereocenters. The third kappa shape index (κ3) is 3.53. The summed E-state index contributed by atoms with van der Waals surface area (Å²) in [6.07, 6.45) is 1.49. The van der Waals surface area contributed by atoms with Crippen LogP contribution in [0.15, 0.2) is 22.0 Å². The lowest BCUT2D eigenvalue weighted by molar-refractivity contribution is 0.355. The van der Waals surface area contributed by atoms with E-state index in [1.807, 2.05) is 0 Å². The van der Waals surface area contributed by atoms with E-state index < -0.39 is 0 Å². The minimum absolute atomic E-state index is 0.137. The molecule has 0 fully saturated rings. The summed E-state index contributed by atoms with van der Waals surface area (Å²) in [6.45, 7) is 1.56. The molecule has 0 saturated carbocycles. The number of aromatic amines is 1. The molecule has 2 rings (SSSR count). The van der Waals surface area contributed by atoms with Gasteiger partial charge in [-0.1, -0.05) is 11.6 Å². The fourth-order valence-corrected chi connectivity index (χ4v) is 1.92. The van der Waals surface area contributed by atoms with Crippen molar-refractivity contribution >= 4 is 23.8 Å². The first-order valence-electron chi connectivity index (χ1n) is 6.19. The van der Waals surface area contributed by atoms with E-state index in [2.05, 4.69) is 25.7 Å². The number of ether oxygens (including phenoxy) is 2. The van der Waals surface area contributed by atoms with E-state index in [-0.39, 0.29) is 17.2 Å². The SMILES string of the molecule is COc1cc(/C=N/Nc2nnc(C)c(=O)[nH]2)cc(Cl)c1OC. The highest BCUT2D eigenvalue weighted by molar-refractivity contribution is 6.32. The Morgan fingerprint density at radius 3 is 2.73 bits per heavy atom. The van der Waals surface area contributed by atoms with Gasteiger partial charge in [0.1, 0.15) is 5.69 Å². The molecule has 0 aliphatic rings. The third-order valence-corrected chi connectivity index (χ3v) is 2.98. The summed E-state index contributed by atoms with van der Waals surface area (Å²) in [4.78, 5) is 13.9. The quantitative estimate of drug-likeness (QED) is 0.640. The van der Waals surface area contributed by atoms with E-state index in [4.69, 9.17) is 21.1 Å². The molecule has 1 aromatic heterocycles. The molecule has 9 heteroatoms. The zero-order chi connectivity index (χ0) is 16.1. The van der Waals surface area contributed by atoms with Gasteiger partial charge in [-0.3, -0.25) is 9.78 Å². The maximum atomic E-state index is 11.4. The normalized spacial score (nSPS) is 10.7. The molecule has 22 heavy (non-hydrogen) atoms. The summed E-state index contributed by atoms with van der Waals surface area (Å²) in [6, 6.07) is 3.37. The van der Waals surface area contributed by atoms with E-state index in [1.165, 1.54) is 20.4 Å². The Morgan fingerprint density at radius 2 is 2.09 bits per heavy atom. The Labute approximate surface area is 131 Å². The number of hydrogen-bond acceptors (Lipinski definition) is 7. The van der Waals surface area contributed by atoms with Crippen molar-refractivity contribution in [3.8, 4) is 11.5 Å². The number of rotatable bonds is 5. The maximum Gasteiger partial charge on any atom is 0.274 e. The van der Waals surface area contributed by atoms with Gasteiger partial charge in [-0.15, -0.1) is 10.2 Å². The number of hydrogen-bond donors (Lipinski definition) is 2. The van der Waals surface area contributed by atoms with Crippen molar-refractivity contribution in [3.63, 3.8) is 0 Å². The molecular weight excluding hydrogens is 310 g/mol. The molecule has 1 aromatic carbocycles. The number of methoxy groups -OCH3 is 2. The van der Waals surface area contributed by atoms with Crippen LogP contribution in [0.1, 0.15) is 11.3 Å². The first-order valence-corrected chi connectivity index (χ1v) is 6.57. The molecule has 0 unspecified atom stereocenters. The van der Waals surface area contributed by atoms with Crippen LogP contribution in [-0.4, -0.2) is 35.6 Å². The van der Waals surface area contributed by atoms with Crippen LogP contribution in [0.2, 0.25) is 5.02 Å². The highest BCUT2D eigenvalue weighted by Crippen LogP contribution is 2.35. The van der Waals surface area contributed by atoms with Crippen molar-refractivity contribution in [3.05, 3.63) is 38.8 Å². The molecular formula is C13H14ClN5O3. The highest BCUT2D eigenvalue weighted by Gasteiger charge is 2.09. The van der Waals surface area contributed by atoms with Crippen LogP contribution >= 0.6 is 11.6 Å². The molecule has 0 aliphatic carbocycles. The lowest BCUT2D eigenvalue weighted by atomic mass is 10.2. The molecule has 0 spiro atoms. The fraction of sp³-hybridized carbons (Fsp3) is 0.231. The number of nitrogens with one attached hydrogen (secondary N) is 2. The average molecular weight is 324 g/mol. The maximum absolute atomic E-state index is 11.4. The predicted molar refractivity (Wildman–Crippen MR) is 83.2 cm³/mol. The molecule has 0 amide bonds. The highest BCUT2D eigenvalue weighted by atomic mass is 35.5. The summed E-state index contributed by atoms with van der Waals surface area (Å²) in [5.74, 6) is 1.07. The molecule has 2 aromatic rings. The Morgan fingerprint density at radius 1 is 1.32 bits per heavy atom. The minimum Gasteiger partial charge on any atom is -0.493 e. The molecule has 0 aliphatic heterocycles. The molecule has 116 valence electrons. The van der Waals surface area contributed by atoms with Crippen LogP contribution in [0.3, 0.4) is 0 Å². The van der Waals surface area contributed by atoms with Crippen LogP contribution < -0.4 is 20.5 Å². The first-order chi connectivity index (χ1) is 10.5. The van der Waals surface area contributed by atoms with Crippen molar-refractivity contribution in [2.75, 3.05) is 19.6 Å². The number of H-pyrrole nitrogens is 1. The standard InChI is InChI=1S/C13H14ClN5O3/c1-7-12(20)16-13(19-17-7)18-15-6-8-4-9(14)11(22-3)10(5-8)21-2/h4-6H,1-3H3,(H2,16,18,19,20)/b15-6+. The lowest BCUT2D eigenvalue weighted by Crippen LogP contribution is -2.15. The fourth-order valence-electron chi connectivity index (χ4n) is 1.62. The molecule has 2 N–H and O–H groups in total. The van der Waals surface area contributed by atoms with Gasteiger partial charge in [-0.25, -0.2) is 5.43 Å². The first kappa shape index (κ1) is 15.8. The zero-order valence-electron chi connectivity index (χ0n) is 12.2. The Bertz CT molecular complexity index is 760. The number of benzene rings is 1. The monoisotopic (exact) mass is 323 g/mol. The van der Waals surface area contributed by atoms with Crippen molar-refractivity contribution in [1.82, 2.24) is 15.2 Å². The van der Waals surface area contributed by atoms with E-state index >= 15 is 0 Å². The summed E-state index contributed by atoms with van der Waals surface area (Å²) < 4.78 is 10.3. The van der Waals surface area contributed by atoms with Gasteiger partial charge < -0.3 is 9.47 Å². The third-order valence-electron chi connectivity index (χ3n) is 2.70. The van der Waals surface area contributed by atoms with Crippen molar-refractivity contribution < 1.29 is 9.47 Å². The number of anilines is 1.